The fourth-order valence-corrected chi connectivity index (χ4v) is 5.67. The van der Waals surface area contributed by atoms with E-state index in [-0.39, 0.29) is 17.2 Å². The summed E-state index contributed by atoms with van der Waals surface area (Å²) in [5.74, 6) is 0.982. The monoisotopic (exact) mass is 497 g/mol. The van der Waals surface area contributed by atoms with Crippen molar-refractivity contribution in [2.45, 2.75) is 52.4 Å². The Bertz CT molecular complexity index is 1370. The highest BCUT2D eigenvalue weighted by molar-refractivity contribution is 5.85. The van der Waals surface area contributed by atoms with Crippen molar-refractivity contribution in [1.29, 1.82) is 0 Å². The van der Waals surface area contributed by atoms with E-state index < -0.39 is 6.36 Å². The van der Waals surface area contributed by atoms with Crippen LogP contribution in [0.25, 0.3) is 22.2 Å². The number of aryl methyl sites for hydroxylation is 1. The van der Waals surface area contributed by atoms with Crippen molar-refractivity contribution in [3.63, 3.8) is 0 Å². The lowest BCUT2D eigenvalue weighted by molar-refractivity contribution is -0.274. The van der Waals surface area contributed by atoms with Crippen LogP contribution in [0.2, 0.25) is 0 Å². The zero-order valence-corrected chi connectivity index (χ0v) is 20.8. The minimum absolute atomic E-state index is 0.197. The maximum Gasteiger partial charge on any atom is 0.573 e. The van der Waals surface area contributed by atoms with Crippen LogP contribution in [0, 0.1) is 11.3 Å². The molecule has 5 rings (SSSR count). The van der Waals surface area contributed by atoms with Gasteiger partial charge in [-0.3, -0.25) is 4.68 Å². The molecule has 2 unspecified atom stereocenters. The van der Waals surface area contributed by atoms with Crippen LogP contribution in [0.1, 0.15) is 46.1 Å². The summed E-state index contributed by atoms with van der Waals surface area (Å²) in [6.45, 7) is 6.91. The number of fused-ring (bicyclic) bond motifs is 1. The topological polar surface area (TPSA) is 56.9 Å². The number of alkyl halides is 3. The molecule has 0 saturated heterocycles. The summed E-state index contributed by atoms with van der Waals surface area (Å²) < 4.78 is 45.7. The molecule has 2 aromatic carbocycles. The van der Waals surface area contributed by atoms with Crippen LogP contribution in [0.3, 0.4) is 0 Å². The standard InChI is InChI=1S/C27H30F3N5O/c1-17-11-21(14-26(2,3)13-17)35-24-10-5-18(19-15-31-34(4)16-19)12-23(24)33-25(35)32-20-6-8-22(9-7-20)36-27(28,29)30/h5-10,12,15-17,21H,11,13-14H2,1-4H3,(H,32,33). The van der Waals surface area contributed by atoms with E-state index in [1.54, 1.807) is 16.8 Å². The third-order valence-electron chi connectivity index (χ3n) is 6.80. The molecular weight excluding hydrogens is 467 g/mol. The summed E-state index contributed by atoms with van der Waals surface area (Å²) in [6.07, 6.45) is 2.29. The van der Waals surface area contributed by atoms with Crippen molar-refractivity contribution < 1.29 is 17.9 Å². The first-order chi connectivity index (χ1) is 17.0. The molecule has 2 atom stereocenters. The highest BCUT2D eigenvalue weighted by Gasteiger charge is 2.35. The number of nitrogens with one attached hydrogen (secondary N) is 1. The average molecular weight is 498 g/mol. The van der Waals surface area contributed by atoms with Gasteiger partial charge in [-0.1, -0.05) is 26.8 Å². The Hall–Kier alpha value is -3.49. The SMILES string of the molecule is CC1CC(n2c(Nc3ccc(OC(F)(F)F)cc3)nc3cc(-c4cnn(C)c4)ccc32)CC(C)(C)C1. The van der Waals surface area contributed by atoms with E-state index in [0.717, 1.165) is 35.0 Å². The number of benzene rings is 2. The predicted octanol–water partition coefficient (Wildman–Crippen LogP) is 7.47. The first kappa shape index (κ1) is 24.2. The lowest BCUT2D eigenvalue weighted by atomic mass is 9.70. The van der Waals surface area contributed by atoms with Crippen LogP contribution in [0.4, 0.5) is 24.8 Å². The van der Waals surface area contributed by atoms with Crippen LogP contribution in [0.15, 0.2) is 54.9 Å². The van der Waals surface area contributed by atoms with E-state index in [0.29, 0.717) is 17.6 Å². The summed E-state index contributed by atoms with van der Waals surface area (Å²) in [6, 6.07) is 12.2. The van der Waals surface area contributed by atoms with E-state index in [1.165, 1.54) is 18.6 Å². The van der Waals surface area contributed by atoms with Gasteiger partial charge in [0.25, 0.3) is 0 Å². The molecule has 190 valence electrons. The second-order valence-electron chi connectivity index (χ2n) is 10.7. The number of anilines is 2. The number of hydrogen-bond acceptors (Lipinski definition) is 4. The summed E-state index contributed by atoms with van der Waals surface area (Å²) in [4.78, 5) is 4.94. The quantitative estimate of drug-likeness (QED) is 0.311. The van der Waals surface area contributed by atoms with Gasteiger partial charge in [0.15, 0.2) is 0 Å². The highest BCUT2D eigenvalue weighted by Crippen LogP contribution is 2.46. The lowest BCUT2D eigenvalue weighted by Crippen LogP contribution is -2.29. The van der Waals surface area contributed by atoms with E-state index in [1.807, 2.05) is 19.4 Å². The minimum Gasteiger partial charge on any atom is -0.406 e. The third-order valence-corrected chi connectivity index (χ3v) is 6.80. The Labute approximate surface area is 208 Å². The molecule has 1 aliphatic carbocycles. The van der Waals surface area contributed by atoms with Crippen LogP contribution in [0.5, 0.6) is 5.75 Å². The molecule has 0 amide bonds. The molecule has 0 aliphatic heterocycles. The van der Waals surface area contributed by atoms with E-state index in [2.05, 4.69) is 58.7 Å². The summed E-state index contributed by atoms with van der Waals surface area (Å²) in [7, 11) is 1.88. The Morgan fingerprint density at radius 2 is 1.81 bits per heavy atom. The molecule has 1 fully saturated rings. The molecule has 4 aromatic rings. The van der Waals surface area contributed by atoms with Gasteiger partial charge in [0.05, 0.1) is 17.2 Å². The van der Waals surface area contributed by atoms with Crippen molar-refractivity contribution in [2.24, 2.45) is 18.4 Å². The highest BCUT2D eigenvalue weighted by atomic mass is 19.4. The maximum absolute atomic E-state index is 12.6. The summed E-state index contributed by atoms with van der Waals surface area (Å²) in [5, 5.41) is 7.63. The number of nitrogens with zero attached hydrogens (tertiary/aromatic N) is 4. The first-order valence-corrected chi connectivity index (χ1v) is 12.1. The van der Waals surface area contributed by atoms with Gasteiger partial charge in [-0.15, -0.1) is 13.2 Å². The molecule has 36 heavy (non-hydrogen) atoms. The van der Waals surface area contributed by atoms with E-state index >= 15 is 0 Å². The van der Waals surface area contributed by atoms with Gasteiger partial charge in [-0.05, 0) is 72.6 Å². The van der Waals surface area contributed by atoms with Crippen LogP contribution in [-0.4, -0.2) is 25.7 Å². The normalized spacial score (nSPS) is 20.0. The molecule has 2 aromatic heterocycles. The zero-order chi connectivity index (χ0) is 25.7. The number of halogens is 3. The van der Waals surface area contributed by atoms with Gasteiger partial charge in [0.2, 0.25) is 5.95 Å². The molecule has 9 heteroatoms. The zero-order valence-electron chi connectivity index (χ0n) is 20.8. The van der Waals surface area contributed by atoms with Crippen molar-refractivity contribution in [2.75, 3.05) is 5.32 Å². The van der Waals surface area contributed by atoms with Gasteiger partial charge in [-0.2, -0.15) is 5.10 Å². The number of rotatable bonds is 5. The van der Waals surface area contributed by atoms with Gasteiger partial charge in [0, 0.05) is 30.5 Å². The number of aromatic nitrogens is 4. The molecule has 1 saturated carbocycles. The Balaban J connectivity index is 1.54. The van der Waals surface area contributed by atoms with Crippen molar-refractivity contribution in [1.82, 2.24) is 19.3 Å². The number of imidazole rings is 1. The Kier molecular flexibility index (Phi) is 5.97. The fourth-order valence-electron chi connectivity index (χ4n) is 5.67. The van der Waals surface area contributed by atoms with Gasteiger partial charge in [-0.25, -0.2) is 4.98 Å². The molecule has 6 nitrogen and oxygen atoms in total. The van der Waals surface area contributed by atoms with Crippen molar-refractivity contribution in [3.05, 3.63) is 54.9 Å². The predicted molar refractivity (Wildman–Crippen MR) is 134 cm³/mol. The maximum atomic E-state index is 12.6. The van der Waals surface area contributed by atoms with E-state index in [9.17, 15) is 13.2 Å². The minimum atomic E-state index is -4.72. The fraction of sp³-hybridized carbons (Fsp3) is 0.407. The second kappa shape index (κ2) is 8.87. The van der Waals surface area contributed by atoms with Crippen LogP contribution < -0.4 is 10.1 Å². The van der Waals surface area contributed by atoms with Crippen molar-refractivity contribution >= 4 is 22.7 Å². The molecule has 0 bridgehead atoms. The molecular formula is C27H30F3N5O. The molecule has 1 aliphatic rings. The van der Waals surface area contributed by atoms with Crippen molar-refractivity contribution in [3.8, 4) is 16.9 Å². The lowest BCUT2D eigenvalue weighted by Gasteiger charge is -2.40. The summed E-state index contributed by atoms with van der Waals surface area (Å²) in [5.41, 5.74) is 4.75. The number of hydrogen-bond donors (Lipinski definition) is 1. The second-order valence-corrected chi connectivity index (χ2v) is 10.7. The van der Waals surface area contributed by atoms with Crippen LogP contribution in [-0.2, 0) is 7.05 Å². The van der Waals surface area contributed by atoms with Crippen LogP contribution >= 0.6 is 0 Å². The van der Waals surface area contributed by atoms with Gasteiger partial charge in [0.1, 0.15) is 5.75 Å². The smallest absolute Gasteiger partial charge is 0.406 e. The third kappa shape index (κ3) is 5.20. The molecule has 1 N–H and O–H groups in total. The molecule has 0 radical (unpaired) electrons. The largest absolute Gasteiger partial charge is 0.573 e. The number of ether oxygens (including phenoxy) is 1. The van der Waals surface area contributed by atoms with E-state index in [4.69, 9.17) is 4.98 Å². The molecule has 2 heterocycles. The summed E-state index contributed by atoms with van der Waals surface area (Å²) >= 11 is 0. The average Bonchev–Trinajstić information content (AvgIpc) is 3.35. The Morgan fingerprint density at radius 3 is 2.44 bits per heavy atom. The van der Waals surface area contributed by atoms with Gasteiger partial charge < -0.3 is 14.6 Å². The molecule has 0 spiro atoms. The Morgan fingerprint density at radius 1 is 1.06 bits per heavy atom. The van der Waals surface area contributed by atoms with Gasteiger partial charge >= 0.3 is 6.36 Å². The first-order valence-electron chi connectivity index (χ1n) is 12.1.